The van der Waals surface area contributed by atoms with E-state index in [1.54, 1.807) is 7.11 Å². The van der Waals surface area contributed by atoms with Crippen LogP contribution in [0.25, 0.3) is 0 Å². The Hall–Kier alpha value is -2.14. The molecule has 24 heavy (non-hydrogen) atoms. The predicted molar refractivity (Wildman–Crippen MR) is 96.8 cm³/mol. The predicted octanol–water partition coefficient (Wildman–Crippen LogP) is 4.30. The third kappa shape index (κ3) is 4.93. The Balaban J connectivity index is 1.88. The third-order valence-corrected chi connectivity index (χ3v) is 4.90. The van der Waals surface area contributed by atoms with Crippen LogP contribution in [-0.4, -0.2) is 18.8 Å². The normalized spacial score (nSPS) is 11.8. The molecule has 0 spiro atoms. The molecule has 1 amide bonds. The van der Waals surface area contributed by atoms with Gasteiger partial charge in [0.15, 0.2) is 5.78 Å². The number of ether oxygens (including phenoxy) is 1. The molecule has 2 rings (SSSR count). The molecule has 5 heteroatoms. The summed E-state index contributed by atoms with van der Waals surface area (Å²) in [7, 11) is 1.63. The van der Waals surface area contributed by atoms with Crippen LogP contribution in [0.15, 0.2) is 36.4 Å². The Bertz CT molecular complexity index is 691. The van der Waals surface area contributed by atoms with Crippen molar-refractivity contribution < 1.29 is 14.3 Å². The summed E-state index contributed by atoms with van der Waals surface area (Å²) in [6.07, 6.45) is 1.24. The third-order valence-electron chi connectivity index (χ3n) is 3.86. The highest BCUT2D eigenvalue weighted by atomic mass is 32.1. The van der Waals surface area contributed by atoms with Crippen molar-refractivity contribution in [2.24, 2.45) is 0 Å². The number of carbonyl (C=O) groups is 2. The molecule has 0 aliphatic heterocycles. The summed E-state index contributed by atoms with van der Waals surface area (Å²) in [6.45, 7) is 3.99. The standard InChI is InChI=1S/C19H23NO3S/c1-4-16(14-6-8-15(23-3)9-7-14)20-19(22)12-10-17(21)18-11-5-13(2)24-18/h5-9,11,16H,4,10,12H2,1-3H3,(H,20,22)/t16-/m1/s1. The number of hydrogen-bond donors (Lipinski definition) is 1. The highest BCUT2D eigenvalue weighted by Gasteiger charge is 2.15. The van der Waals surface area contributed by atoms with E-state index in [0.717, 1.165) is 27.5 Å². The molecule has 1 heterocycles. The van der Waals surface area contributed by atoms with Gasteiger partial charge in [0.25, 0.3) is 0 Å². The van der Waals surface area contributed by atoms with E-state index in [1.165, 1.54) is 11.3 Å². The van der Waals surface area contributed by atoms with Gasteiger partial charge in [-0.3, -0.25) is 9.59 Å². The van der Waals surface area contributed by atoms with E-state index in [0.29, 0.717) is 0 Å². The van der Waals surface area contributed by atoms with Gasteiger partial charge in [-0.15, -0.1) is 11.3 Å². The Labute approximate surface area is 146 Å². The van der Waals surface area contributed by atoms with Crippen molar-refractivity contribution in [3.05, 3.63) is 51.7 Å². The molecule has 0 saturated carbocycles. The van der Waals surface area contributed by atoms with E-state index in [-0.39, 0.29) is 30.6 Å². The van der Waals surface area contributed by atoms with Crippen LogP contribution in [0.3, 0.4) is 0 Å². The molecular weight excluding hydrogens is 322 g/mol. The fraction of sp³-hybridized carbons (Fsp3) is 0.368. The van der Waals surface area contributed by atoms with Crippen molar-refractivity contribution in [2.45, 2.75) is 39.2 Å². The van der Waals surface area contributed by atoms with Crippen LogP contribution in [0.5, 0.6) is 5.75 Å². The van der Waals surface area contributed by atoms with Crippen molar-refractivity contribution >= 4 is 23.0 Å². The van der Waals surface area contributed by atoms with Crippen LogP contribution in [0.4, 0.5) is 0 Å². The highest BCUT2D eigenvalue weighted by molar-refractivity contribution is 7.14. The molecule has 0 aliphatic rings. The van der Waals surface area contributed by atoms with Gasteiger partial charge < -0.3 is 10.1 Å². The fourth-order valence-corrected chi connectivity index (χ4v) is 3.29. The zero-order chi connectivity index (χ0) is 17.5. The molecule has 1 aromatic heterocycles. The van der Waals surface area contributed by atoms with Crippen molar-refractivity contribution in [1.29, 1.82) is 0 Å². The number of benzene rings is 1. The summed E-state index contributed by atoms with van der Waals surface area (Å²) in [6, 6.07) is 11.4. The monoisotopic (exact) mass is 345 g/mol. The number of amides is 1. The van der Waals surface area contributed by atoms with Crippen LogP contribution in [0, 0.1) is 6.92 Å². The van der Waals surface area contributed by atoms with Crippen LogP contribution in [0.2, 0.25) is 0 Å². The van der Waals surface area contributed by atoms with Crippen LogP contribution in [0.1, 0.15) is 52.3 Å². The number of thiophene rings is 1. The lowest BCUT2D eigenvalue weighted by Gasteiger charge is -2.17. The van der Waals surface area contributed by atoms with E-state index in [1.807, 2.05) is 50.2 Å². The summed E-state index contributed by atoms with van der Waals surface area (Å²) in [5, 5.41) is 3.00. The molecule has 0 saturated heterocycles. The van der Waals surface area contributed by atoms with Gasteiger partial charge in [0, 0.05) is 17.7 Å². The number of Topliss-reactive ketones (excluding diaryl/α,β-unsaturated/α-hetero) is 1. The molecular formula is C19H23NO3S. The molecule has 2 aromatic rings. The van der Waals surface area contributed by atoms with Gasteiger partial charge in [0.05, 0.1) is 18.0 Å². The Kier molecular flexibility index (Phi) is 6.55. The van der Waals surface area contributed by atoms with Crippen LogP contribution in [-0.2, 0) is 4.79 Å². The number of hydrogen-bond acceptors (Lipinski definition) is 4. The van der Waals surface area contributed by atoms with E-state index in [9.17, 15) is 9.59 Å². The number of methoxy groups -OCH3 is 1. The fourth-order valence-electron chi connectivity index (χ4n) is 2.46. The van der Waals surface area contributed by atoms with E-state index in [2.05, 4.69) is 5.32 Å². The molecule has 0 fully saturated rings. The molecule has 128 valence electrons. The minimum absolute atomic E-state index is 0.0285. The van der Waals surface area contributed by atoms with Crippen molar-refractivity contribution in [3.63, 3.8) is 0 Å². The number of rotatable bonds is 8. The first-order valence-electron chi connectivity index (χ1n) is 8.06. The Morgan fingerprint density at radius 2 is 1.83 bits per heavy atom. The average molecular weight is 345 g/mol. The average Bonchev–Trinajstić information content (AvgIpc) is 3.04. The molecule has 0 aliphatic carbocycles. The van der Waals surface area contributed by atoms with Gasteiger partial charge in [-0.05, 0) is 43.2 Å². The molecule has 0 bridgehead atoms. The second-order valence-electron chi connectivity index (χ2n) is 5.63. The quantitative estimate of drug-likeness (QED) is 0.726. The lowest BCUT2D eigenvalue weighted by Crippen LogP contribution is -2.28. The van der Waals surface area contributed by atoms with Crippen LogP contribution < -0.4 is 10.1 Å². The summed E-state index contributed by atoms with van der Waals surface area (Å²) in [5.41, 5.74) is 1.03. The summed E-state index contributed by atoms with van der Waals surface area (Å²) < 4.78 is 5.15. The Morgan fingerprint density at radius 1 is 1.12 bits per heavy atom. The lowest BCUT2D eigenvalue weighted by molar-refractivity contribution is -0.121. The first kappa shape index (κ1) is 18.2. The van der Waals surface area contributed by atoms with Gasteiger partial charge >= 0.3 is 0 Å². The van der Waals surface area contributed by atoms with Gasteiger partial charge in [-0.25, -0.2) is 0 Å². The van der Waals surface area contributed by atoms with Gasteiger partial charge in [0.1, 0.15) is 5.75 Å². The minimum atomic E-state index is -0.0979. The zero-order valence-corrected chi connectivity index (χ0v) is 15.1. The molecule has 0 unspecified atom stereocenters. The summed E-state index contributed by atoms with van der Waals surface area (Å²) in [4.78, 5) is 26.1. The molecule has 1 N–H and O–H groups in total. The number of aryl methyl sites for hydroxylation is 1. The molecule has 1 aromatic carbocycles. The van der Waals surface area contributed by atoms with Crippen LogP contribution >= 0.6 is 11.3 Å². The number of carbonyl (C=O) groups excluding carboxylic acids is 2. The lowest BCUT2D eigenvalue weighted by atomic mass is 10.0. The number of ketones is 1. The minimum Gasteiger partial charge on any atom is -0.497 e. The Morgan fingerprint density at radius 3 is 2.38 bits per heavy atom. The maximum absolute atomic E-state index is 12.2. The van der Waals surface area contributed by atoms with Crippen molar-refractivity contribution in [3.8, 4) is 5.75 Å². The maximum atomic E-state index is 12.2. The first-order chi connectivity index (χ1) is 11.5. The molecule has 0 radical (unpaired) electrons. The van der Waals surface area contributed by atoms with Gasteiger partial charge in [-0.2, -0.15) is 0 Å². The van der Waals surface area contributed by atoms with Gasteiger partial charge in [0.2, 0.25) is 5.91 Å². The zero-order valence-electron chi connectivity index (χ0n) is 14.3. The second kappa shape index (κ2) is 8.64. The highest BCUT2D eigenvalue weighted by Crippen LogP contribution is 2.21. The van der Waals surface area contributed by atoms with Crippen molar-refractivity contribution in [2.75, 3.05) is 7.11 Å². The molecule has 4 nitrogen and oxygen atoms in total. The molecule has 1 atom stereocenters. The van der Waals surface area contributed by atoms with E-state index < -0.39 is 0 Å². The number of nitrogens with one attached hydrogen (secondary N) is 1. The second-order valence-corrected chi connectivity index (χ2v) is 6.92. The van der Waals surface area contributed by atoms with Crippen molar-refractivity contribution in [1.82, 2.24) is 5.32 Å². The largest absolute Gasteiger partial charge is 0.497 e. The summed E-state index contributed by atoms with van der Waals surface area (Å²) >= 11 is 1.47. The first-order valence-corrected chi connectivity index (χ1v) is 8.88. The summed E-state index contributed by atoms with van der Waals surface area (Å²) in [5.74, 6) is 0.719. The smallest absolute Gasteiger partial charge is 0.220 e. The van der Waals surface area contributed by atoms with E-state index in [4.69, 9.17) is 4.74 Å². The van der Waals surface area contributed by atoms with Gasteiger partial charge in [-0.1, -0.05) is 19.1 Å². The topological polar surface area (TPSA) is 55.4 Å². The maximum Gasteiger partial charge on any atom is 0.220 e. The SMILES string of the molecule is CC[C@@H](NC(=O)CCC(=O)c1ccc(C)s1)c1ccc(OC)cc1. The van der Waals surface area contributed by atoms with E-state index >= 15 is 0 Å².